The Bertz CT molecular complexity index is 456. The number of hydrogen-bond donors (Lipinski definition) is 1. The molecule has 176 valence electrons. The Morgan fingerprint density at radius 3 is 1.13 bits per heavy atom. The summed E-state index contributed by atoms with van der Waals surface area (Å²) in [6.07, 6.45) is 23.5. The van der Waals surface area contributed by atoms with Crippen LogP contribution < -0.4 is 51.4 Å². The molecular weight excluding hydrogens is 423 g/mol. The van der Waals surface area contributed by atoms with E-state index in [1.165, 1.54) is 89.9 Å². The fourth-order valence-corrected chi connectivity index (χ4v) is 4.92. The van der Waals surface area contributed by atoms with Crippen molar-refractivity contribution < 1.29 is 69.5 Å². The second-order valence-electron chi connectivity index (χ2n) is 8.91. The van der Waals surface area contributed by atoms with Crippen LogP contribution >= 0.6 is 0 Å². The summed E-state index contributed by atoms with van der Waals surface area (Å²) in [6.45, 7) is 4.05. The van der Waals surface area contributed by atoms with Gasteiger partial charge in [0.1, 0.15) is 10.1 Å². The molecule has 0 spiro atoms. The van der Waals surface area contributed by atoms with E-state index in [4.69, 9.17) is 0 Å². The molecule has 0 radical (unpaired) electrons. The fourth-order valence-electron chi connectivity index (χ4n) is 4.07. The largest absolute Gasteiger partial charge is 1.00 e. The van der Waals surface area contributed by atoms with Gasteiger partial charge < -0.3 is 9.66 Å². The molecule has 0 amide bonds. The van der Waals surface area contributed by atoms with Crippen LogP contribution in [0.3, 0.4) is 0 Å². The maximum Gasteiger partial charge on any atom is 1.00 e. The Morgan fingerprint density at radius 1 is 0.567 bits per heavy atom. The predicted molar refractivity (Wildman–Crippen MR) is 123 cm³/mol. The first-order valence-corrected chi connectivity index (χ1v) is 14.0. The van der Waals surface area contributed by atoms with E-state index in [1.54, 1.807) is 6.92 Å². The molecule has 0 saturated carbocycles. The number of aliphatic hydroxyl groups is 1. The molecule has 0 aliphatic carbocycles. The molecule has 0 bridgehead atoms. The van der Waals surface area contributed by atoms with Crippen LogP contribution in [0, 0.1) is 0 Å². The molecule has 1 N–H and O–H groups in total. The molecule has 0 rings (SSSR count). The zero-order chi connectivity index (χ0) is 21.8. The third-order valence-corrected chi connectivity index (χ3v) is 7.37. The van der Waals surface area contributed by atoms with Crippen LogP contribution in [0.25, 0.3) is 0 Å². The van der Waals surface area contributed by atoms with E-state index in [2.05, 4.69) is 6.92 Å². The molecule has 1 unspecified atom stereocenters. The molecule has 0 aliphatic rings. The second kappa shape index (κ2) is 22.3. The van der Waals surface area contributed by atoms with Gasteiger partial charge in [-0.25, -0.2) is 8.42 Å². The van der Waals surface area contributed by atoms with Gasteiger partial charge in [-0.15, -0.1) is 0 Å². The SMILES string of the molecule is CCCCCCCCCCCCCCCCCCCCC(O)(CCC)S(=O)(=O)[O-].[K+]. The smallest absolute Gasteiger partial charge is 0.746 e. The van der Waals surface area contributed by atoms with Crippen molar-refractivity contribution in [3.63, 3.8) is 0 Å². The van der Waals surface area contributed by atoms with E-state index in [1.807, 2.05) is 0 Å². The molecular formula is C24H49KO4S. The average molecular weight is 473 g/mol. The summed E-state index contributed by atoms with van der Waals surface area (Å²) in [5.41, 5.74) is 0. The Kier molecular flexibility index (Phi) is 25.0. The van der Waals surface area contributed by atoms with E-state index in [0.717, 1.165) is 19.3 Å². The number of hydrogen-bond acceptors (Lipinski definition) is 4. The monoisotopic (exact) mass is 472 g/mol. The third-order valence-electron chi connectivity index (χ3n) is 6.03. The zero-order valence-electron chi connectivity index (χ0n) is 20.4. The number of unbranched alkanes of at least 4 members (excludes halogenated alkanes) is 17. The van der Waals surface area contributed by atoms with E-state index >= 15 is 0 Å². The van der Waals surface area contributed by atoms with Crippen LogP contribution in [0.1, 0.15) is 149 Å². The van der Waals surface area contributed by atoms with Crippen molar-refractivity contribution >= 4 is 10.1 Å². The summed E-state index contributed by atoms with van der Waals surface area (Å²) in [5.74, 6) is 0. The third kappa shape index (κ3) is 19.0. The van der Waals surface area contributed by atoms with Crippen molar-refractivity contribution in [2.45, 2.75) is 154 Å². The van der Waals surface area contributed by atoms with E-state index < -0.39 is 15.1 Å². The van der Waals surface area contributed by atoms with Gasteiger partial charge in [-0.3, -0.25) is 0 Å². The van der Waals surface area contributed by atoms with Gasteiger partial charge in [0.25, 0.3) is 0 Å². The summed E-state index contributed by atoms with van der Waals surface area (Å²) in [6, 6.07) is 0. The van der Waals surface area contributed by atoms with E-state index in [9.17, 15) is 18.1 Å². The molecule has 1 atom stereocenters. The Morgan fingerprint density at radius 2 is 0.867 bits per heavy atom. The molecule has 4 nitrogen and oxygen atoms in total. The van der Waals surface area contributed by atoms with Gasteiger partial charge in [0, 0.05) is 0 Å². The molecule has 30 heavy (non-hydrogen) atoms. The Balaban J connectivity index is 0. The van der Waals surface area contributed by atoms with E-state index in [0.29, 0.717) is 12.8 Å². The Labute approximate surface area is 230 Å². The summed E-state index contributed by atoms with van der Waals surface area (Å²) >= 11 is 0. The molecule has 0 aromatic heterocycles. The maximum absolute atomic E-state index is 11.3. The second-order valence-corrected chi connectivity index (χ2v) is 10.6. The standard InChI is InChI=1S/C24H50O4S.K/c1-3-5-6-7-8-9-10-11-12-13-14-15-16-17-18-19-20-21-23-24(25,22-4-2)29(26,27)28;/h25H,3-23H2,1-2H3,(H,26,27,28);/q;+1/p-1. The van der Waals surface area contributed by atoms with Crippen molar-refractivity contribution in [3.05, 3.63) is 0 Å². The summed E-state index contributed by atoms with van der Waals surface area (Å²) in [7, 11) is -4.64. The maximum atomic E-state index is 11.3. The van der Waals surface area contributed by atoms with Crippen molar-refractivity contribution in [2.75, 3.05) is 0 Å². The average Bonchev–Trinajstić information content (AvgIpc) is 2.66. The van der Waals surface area contributed by atoms with Crippen molar-refractivity contribution in [1.29, 1.82) is 0 Å². The number of rotatable bonds is 22. The normalized spacial score (nSPS) is 13.7. The molecule has 0 fully saturated rings. The minimum absolute atomic E-state index is 0. The first kappa shape index (κ1) is 33.7. The molecule has 0 heterocycles. The van der Waals surface area contributed by atoms with Gasteiger partial charge >= 0.3 is 51.4 Å². The summed E-state index contributed by atoms with van der Waals surface area (Å²) in [5, 5.41) is 10.1. The summed E-state index contributed by atoms with van der Waals surface area (Å²) < 4.78 is 33.8. The Hall–Kier alpha value is 1.51. The van der Waals surface area contributed by atoms with Crippen LogP contribution in [0.2, 0.25) is 0 Å². The van der Waals surface area contributed by atoms with Gasteiger partial charge in [0.2, 0.25) is 0 Å². The van der Waals surface area contributed by atoms with Crippen molar-refractivity contribution in [1.82, 2.24) is 0 Å². The predicted octanol–water partition coefficient (Wildman–Crippen LogP) is 4.46. The quantitative estimate of drug-likeness (QED) is 0.143. The molecule has 0 saturated heterocycles. The van der Waals surface area contributed by atoms with Gasteiger partial charge in [-0.1, -0.05) is 129 Å². The van der Waals surface area contributed by atoms with Gasteiger partial charge in [-0.2, -0.15) is 0 Å². The fraction of sp³-hybridized carbons (Fsp3) is 1.00. The minimum atomic E-state index is -4.64. The molecule has 0 aromatic carbocycles. The molecule has 0 aromatic rings. The van der Waals surface area contributed by atoms with Crippen LogP contribution in [-0.2, 0) is 10.1 Å². The first-order chi connectivity index (χ1) is 13.9. The minimum Gasteiger partial charge on any atom is -0.746 e. The van der Waals surface area contributed by atoms with Crippen molar-refractivity contribution in [3.8, 4) is 0 Å². The van der Waals surface area contributed by atoms with Crippen LogP contribution in [0.15, 0.2) is 0 Å². The van der Waals surface area contributed by atoms with Crippen LogP contribution in [-0.4, -0.2) is 23.0 Å². The van der Waals surface area contributed by atoms with Crippen LogP contribution in [0.4, 0.5) is 0 Å². The zero-order valence-corrected chi connectivity index (χ0v) is 24.4. The topological polar surface area (TPSA) is 77.4 Å². The van der Waals surface area contributed by atoms with Gasteiger partial charge in [-0.05, 0) is 19.3 Å². The van der Waals surface area contributed by atoms with Gasteiger partial charge in [0.05, 0.1) is 0 Å². The first-order valence-electron chi connectivity index (χ1n) is 12.5. The molecule has 6 heteroatoms. The van der Waals surface area contributed by atoms with E-state index in [-0.39, 0.29) is 64.2 Å². The van der Waals surface area contributed by atoms with Crippen LogP contribution in [0.5, 0.6) is 0 Å². The van der Waals surface area contributed by atoms with Crippen molar-refractivity contribution in [2.24, 2.45) is 0 Å². The summed E-state index contributed by atoms with van der Waals surface area (Å²) in [4.78, 5) is -2.06. The van der Waals surface area contributed by atoms with Gasteiger partial charge in [0.15, 0.2) is 4.93 Å². The molecule has 0 aliphatic heterocycles.